The van der Waals surface area contributed by atoms with Gasteiger partial charge in [-0.25, -0.2) is 0 Å². The number of carboxylic acids is 1. The van der Waals surface area contributed by atoms with Crippen LogP contribution in [0.1, 0.15) is 65.2 Å². The molecule has 3 aliphatic heterocycles. The van der Waals surface area contributed by atoms with Crippen molar-refractivity contribution in [3.63, 3.8) is 0 Å². The van der Waals surface area contributed by atoms with Gasteiger partial charge in [0.1, 0.15) is 6.04 Å². The molecule has 6 atom stereocenters. The summed E-state index contributed by atoms with van der Waals surface area (Å²) in [5.41, 5.74) is 0. The first-order chi connectivity index (χ1) is 15.8. The lowest BCUT2D eigenvalue weighted by Gasteiger charge is -2.40. The average Bonchev–Trinajstić information content (AvgIpc) is 3.36. The summed E-state index contributed by atoms with van der Waals surface area (Å²) in [7, 11) is 0. The number of carbonyl (C=O) groups is 3. The summed E-state index contributed by atoms with van der Waals surface area (Å²) in [5.74, 6) is -2.38. The van der Waals surface area contributed by atoms with Gasteiger partial charge < -0.3 is 20.0 Å². The zero-order valence-corrected chi connectivity index (χ0v) is 20.9. The molecule has 0 aliphatic carbocycles. The number of likely N-dealkylation sites (tertiary alicyclic amines) is 1. The molecule has 3 unspecified atom stereocenters. The van der Waals surface area contributed by atoms with Gasteiger partial charge in [-0.15, -0.1) is 18.3 Å². The molecule has 3 heterocycles. The van der Waals surface area contributed by atoms with Crippen molar-refractivity contribution in [2.75, 3.05) is 26.2 Å². The van der Waals surface area contributed by atoms with Crippen molar-refractivity contribution >= 4 is 29.5 Å². The number of rotatable bonds is 14. The first-order valence-electron chi connectivity index (χ1n) is 12.6. The van der Waals surface area contributed by atoms with Gasteiger partial charge in [0.2, 0.25) is 11.8 Å². The predicted octanol–water partition coefficient (Wildman–Crippen LogP) is 3.17. The van der Waals surface area contributed by atoms with Gasteiger partial charge in [0.25, 0.3) is 0 Å². The lowest BCUT2D eigenvalue weighted by Crippen LogP contribution is -2.57. The monoisotopic (exact) mass is 480 g/mol. The Morgan fingerprint density at radius 2 is 1.97 bits per heavy atom. The molecule has 33 heavy (non-hydrogen) atoms. The number of aliphatic hydroxyl groups is 1. The zero-order valence-electron chi connectivity index (χ0n) is 20.1. The van der Waals surface area contributed by atoms with Crippen molar-refractivity contribution in [2.45, 2.75) is 81.3 Å². The molecule has 2 amide bonds. The third-order valence-corrected chi connectivity index (χ3v) is 9.84. The molecule has 0 aromatic heterocycles. The van der Waals surface area contributed by atoms with Crippen LogP contribution in [-0.2, 0) is 14.4 Å². The van der Waals surface area contributed by atoms with E-state index in [1.807, 2.05) is 4.90 Å². The molecular formula is C25H40N2O5S. The Hall–Kier alpha value is -1.54. The van der Waals surface area contributed by atoms with Crippen molar-refractivity contribution < 1.29 is 24.6 Å². The van der Waals surface area contributed by atoms with Crippen LogP contribution >= 0.6 is 11.8 Å². The molecule has 0 saturated carbocycles. The van der Waals surface area contributed by atoms with E-state index in [1.54, 1.807) is 22.7 Å². The quantitative estimate of drug-likeness (QED) is 0.293. The van der Waals surface area contributed by atoms with Crippen molar-refractivity contribution in [3.05, 3.63) is 12.7 Å². The highest BCUT2D eigenvalue weighted by Gasteiger charge is 2.76. The van der Waals surface area contributed by atoms with Crippen LogP contribution in [0, 0.1) is 17.8 Å². The smallest absolute Gasteiger partial charge is 0.308 e. The molecule has 0 aromatic rings. The number of carboxylic acid groups (broad SMARTS) is 1. The van der Waals surface area contributed by atoms with Crippen molar-refractivity contribution in [2.24, 2.45) is 17.8 Å². The van der Waals surface area contributed by atoms with Gasteiger partial charge in [0.05, 0.1) is 16.6 Å². The maximum absolute atomic E-state index is 14.1. The van der Waals surface area contributed by atoms with Gasteiger partial charge in [-0.2, -0.15) is 0 Å². The summed E-state index contributed by atoms with van der Waals surface area (Å²) < 4.78 is -0.669. The zero-order chi connectivity index (χ0) is 24.2. The summed E-state index contributed by atoms with van der Waals surface area (Å²) in [4.78, 5) is 43.5. The van der Waals surface area contributed by atoms with Crippen LogP contribution in [0.4, 0.5) is 0 Å². The van der Waals surface area contributed by atoms with Gasteiger partial charge in [-0.05, 0) is 31.6 Å². The minimum absolute atomic E-state index is 0.0525. The second kappa shape index (κ2) is 11.3. The van der Waals surface area contributed by atoms with Crippen molar-refractivity contribution in [3.8, 4) is 0 Å². The molecule has 2 bridgehead atoms. The predicted molar refractivity (Wildman–Crippen MR) is 130 cm³/mol. The van der Waals surface area contributed by atoms with Crippen LogP contribution in [0.15, 0.2) is 12.7 Å². The largest absolute Gasteiger partial charge is 0.481 e. The lowest BCUT2D eigenvalue weighted by molar-refractivity contribution is -0.149. The van der Waals surface area contributed by atoms with E-state index >= 15 is 0 Å². The molecule has 7 nitrogen and oxygen atoms in total. The van der Waals surface area contributed by atoms with Crippen molar-refractivity contribution in [1.82, 2.24) is 9.80 Å². The van der Waals surface area contributed by atoms with E-state index in [0.717, 1.165) is 51.4 Å². The highest BCUT2D eigenvalue weighted by atomic mass is 32.2. The molecule has 3 aliphatic rings. The number of carbonyl (C=O) groups excluding carboxylic acids is 2. The van der Waals surface area contributed by atoms with E-state index < -0.39 is 28.6 Å². The number of nitrogens with zero attached hydrogens (tertiary/aromatic N) is 2. The van der Waals surface area contributed by atoms with Gasteiger partial charge in [-0.3, -0.25) is 14.4 Å². The maximum atomic E-state index is 14.1. The Morgan fingerprint density at radius 1 is 1.24 bits per heavy atom. The van der Waals surface area contributed by atoms with Gasteiger partial charge >= 0.3 is 5.97 Å². The highest BCUT2D eigenvalue weighted by molar-refractivity contribution is 8.02. The van der Waals surface area contributed by atoms with Gasteiger partial charge in [0, 0.05) is 31.5 Å². The minimum Gasteiger partial charge on any atom is -0.481 e. The molecule has 3 saturated heterocycles. The molecular weight excluding hydrogens is 440 g/mol. The molecule has 0 radical (unpaired) electrons. The maximum Gasteiger partial charge on any atom is 0.308 e. The standard InChI is InChI=1S/C25H40N2O5S/c1-4-6-9-13-26(12-5-2)23(30)21-25-17(3)16-18(33-25)19(24(31)32)20(25)22(29)27(21)14-10-7-8-11-15-28/h5,17-21,28H,2,4,6-16H2,1,3H3,(H,31,32)/t17?,18-,19+,20+,21?,25?/m1/s1. The number of thioether (sulfide) groups is 1. The topological polar surface area (TPSA) is 98.2 Å². The number of aliphatic hydroxyl groups excluding tert-OH is 1. The fraction of sp³-hybridized carbons (Fsp3) is 0.800. The number of hydrogen-bond acceptors (Lipinski definition) is 5. The number of unbranched alkanes of at least 4 members (excludes halogenated alkanes) is 5. The normalized spacial score (nSPS) is 32.3. The van der Waals surface area contributed by atoms with E-state index in [-0.39, 0.29) is 29.6 Å². The molecule has 3 fully saturated rings. The van der Waals surface area contributed by atoms with E-state index in [0.29, 0.717) is 19.6 Å². The van der Waals surface area contributed by atoms with Crippen LogP contribution < -0.4 is 0 Å². The summed E-state index contributed by atoms with van der Waals surface area (Å²) >= 11 is 1.60. The van der Waals surface area contributed by atoms with Gasteiger partial charge in [-0.1, -0.05) is 45.6 Å². The summed E-state index contributed by atoms with van der Waals surface area (Å²) in [6, 6.07) is -0.622. The van der Waals surface area contributed by atoms with Gasteiger partial charge in [0.15, 0.2) is 0 Å². The fourth-order valence-electron chi connectivity index (χ4n) is 6.24. The first-order valence-corrected chi connectivity index (χ1v) is 13.4. The molecule has 186 valence electrons. The third kappa shape index (κ3) is 4.70. The Labute approximate surface area is 202 Å². The van der Waals surface area contributed by atoms with Crippen LogP contribution in [-0.4, -0.2) is 80.1 Å². The Morgan fingerprint density at radius 3 is 2.61 bits per heavy atom. The molecule has 8 heteroatoms. The number of amides is 2. The highest BCUT2D eigenvalue weighted by Crippen LogP contribution is 2.68. The van der Waals surface area contributed by atoms with Crippen molar-refractivity contribution in [1.29, 1.82) is 0 Å². The van der Waals surface area contributed by atoms with E-state index in [2.05, 4.69) is 20.4 Å². The van der Waals surface area contributed by atoms with Crippen LogP contribution in [0.25, 0.3) is 0 Å². The SMILES string of the molecule is C=CCN(CCCCC)C(=O)C1N(CCCCCCO)C(=O)[C@@H]2[C@@H](C(=O)O)[C@H]3CC(C)C12S3. The molecule has 1 spiro atoms. The fourth-order valence-corrected chi connectivity index (χ4v) is 8.65. The Balaban J connectivity index is 1.92. The van der Waals surface area contributed by atoms with E-state index in [1.165, 1.54) is 0 Å². The minimum atomic E-state index is -0.915. The van der Waals surface area contributed by atoms with E-state index in [9.17, 15) is 19.5 Å². The Kier molecular flexibility index (Phi) is 8.89. The second-order valence-electron chi connectivity index (χ2n) is 9.84. The number of aliphatic carboxylic acids is 1. The number of hydrogen-bond donors (Lipinski definition) is 2. The lowest BCUT2D eigenvalue weighted by atomic mass is 9.66. The molecule has 3 rings (SSSR count). The second-order valence-corrected chi connectivity index (χ2v) is 11.4. The first kappa shape index (κ1) is 26.1. The third-order valence-electron chi connectivity index (χ3n) is 7.76. The van der Waals surface area contributed by atoms with E-state index in [4.69, 9.17) is 5.11 Å². The summed E-state index contributed by atoms with van der Waals surface area (Å²) in [6.45, 7) is 9.72. The number of fused-ring (bicyclic) bond motifs is 1. The molecule has 0 aromatic carbocycles. The van der Waals surface area contributed by atoms with Crippen LogP contribution in [0.3, 0.4) is 0 Å². The molecule has 2 N–H and O–H groups in total. The summed E-state index contributed by atoms with van der Waals surface area (Å²) in [5, 5.41) is 18.9. The average molecular weight is 481 g/mol. The Bertz CT molecular complexity index is 746. The summed E-state index contributed by atoms with van der Waals surface area (Å²) in [6.07, 6.45) is 8.66. The van der Waals surface area contributed by atoms with Crippen LogP contribution in [0.2, 0.25) is 0 Å². The van der Waals surface area contributed by atoms with Crippen LogP contribution in [0.5, 0.6) is 0 Å².